The first kappa shape index (κ1) is 12.7. The number of para-hydroxylation sites is 1. The molecular formula is C12H15ClN5+. The van der Waals surface area contributed by atoms with Gasteiger partial charge in [0.25, 0.3) is 5.95 Å². The van der Waals surface area contributed by atoms with Gasteiger partial charge in [-0.3, -0.25) is 0 Å². The molecule has 94 valence electrons. The number of quaternary nitrogens is 1. The lowest BCUT2D eigenvalue weighted by atomic mass is 10.3. The number of benzene rings is 1. The normalized spacial score (nSPS) is 11.3. The summed E-state index contributed by atoms with van der Waals surface area (Å²) < 4.78 is 0.518. The van der Waals surface area contributed by atoms with Crippen molar-refractivity contribution in [2.75, 3.05) is 26.2 Å². The van der Waals surface area contributed by atoms with E-state index in [9.17, 15) is 0 Å². The molecule has 0 atom stereocenters. The Balaban J connectivity index is 2.51. The second kappa shape index (κ2) is 4.88. The van der Waals surface area contributed by atoms with E-state index in [1.807, 2.05) is 56.5 Å². The molecule has 0 spiro atoms. The van der Waals surface area contributed by atoms with E-state index < -0.39 is 0 Å². The number of nitrogens with zero attached hydrogens (tertiary/aromatic N) is 5. The third kappa shape index (κ3) is 2.75. The number of hydrogen-bond donors (Lipinski definition) is 0. The number of halogens is 1. The third-order valence-corrected chi connectivity index (χ3v) is 2.50. The van der Waals surface area contributed by atoms with E-state index >= 15 is 0 Å². The highest BCUT2D eigenvalue weighted by Gasteiger charge is 2.26. The SMILES string of the molecule is C[N+](C)(C)N(c1ccccc1)c1ncnc(Cl)n1. The van der Waals surface area contributed by atoms with E-state index in [1.165, 1.54) is 6.33 Å². The molecule has 1 heterocycles. The lowest BCUT2D eigenvalue weighted by molar-refractivity contribution is -0.873. The fourth-order valence-electron chi connectivity index (χ4n) is 1.67. The van der Waals surface area contributed by atoms with Crippen LogP contribution >= 0.6 is 11.6 Å². The van der Waals surface area contributed by atoms with Crippen LogP contribution in [-0.4, -0.2) is 40.7 Å². The largest absolute Gasteiger partial charge is 0.281 e. The first-order chi connectivity index (χ1) is 8.48. The van der Waals surface area contributed by atoms with Crippen LogP contribution in [0.15, 0.2) is 36.7 Å². The minimum atomic E-state index is 0.189. The van der Waals surface area contributed by atoms with E-state index in [4.69, 9.17) is 11.6 Å². The zero-order chi connectivity index (χ0) is 13.2. The molecule has 0 fully saturated rings. The van der Waals surface area contributed by atoms with E-state index in [-0.39, 0.29) is 5.28 Å². The monoisotopic (exact) mass is 264 g/mol. The van der Waals surface area contributed by atoms with E-state index in [1.54, 1.807) is 0 Å². The van der Waals surface area contributed by atoms with E-state index in [2.05, 4.69) is 15.0 Å². The summed E-state index contributed by atoms with van der Waals surface area (Å²) in [5.41, 5.74) is 0.993. The highest BCUT2D eigenvalue weighted by molar-refractivity contribution is 6.28. The summed E-state index contributed by atoms with van der Waals surface area (Å²) in [7, 11) is 6.10. The first-order valence-electron chi connectivity index (χ1n) is 5.50. The van der Waals surface area contributed by atoms with Gasteiger partial charge in [-0.1, -0.05) is 18.2 Å². The van der Waals surface area contributed by atoms with Crippen LogP contribution < -0.4 is 5.01 Å². The zero-order valence-electron chi connectivity index (χ0n) is 10.6. The number of anilines is 2. The quantitative estimate of drug-likeness (QED) is 0.630. The van der Waals surface area contributed by atoms with Gasteiger partial charge in [-0.05, 0) is 23.7 Å². The van der Waals surface area contributed by atoms with Crippen LogP contribution in [0.25, 0.3) is 0 Å². The molecular weight excluding hydrogens is 250 g/mol. The zero-order valence-corrected chi connectivity index (χ0v) is 11.3. The molecule has 0 saturated carbocycles. The molecule has 0 N–H and O–H groups in total. The Hall–Kier alpha value is -1.72. The van der Waals surface area contributed by atoms with Gasteiger partial charge in [-0.15, -0.1) is 0 Å². The topological polar surface area (TPSA) is 41.9 Å². The van der Waals surface area contributed by atoms with Gasteiger partial charge < -0.3 is 0 Å². The van der Waals surface area contributed by atoms with Crippen molar-refractivity contribution in [3.05, 3.63) is 41.9 Å². The van der Waals surface area contributed by atoms with Gasteiger partial charge in [-0.2, -0.15) is 15.0 Å². The van der Waals surface area contributed by atoms with Gasteiger partial charge in [0.1, 0.15) is 6.33 Å². The van der Waals surface area contributed by atoms with Crippen LogP contribution in [0.2, 0.25) is 5.28 Å². The Labute approximate surface area is 111 Å². The van der Waals surface area contributed by atoms with Crippen LogP contribution in [0.3, 0.4) is 0 Å². The molecule has 2 rings (SSSR count). The molecule has 0 unspecified atom stereocenters. The fraction of sp³-hybridized carbons (Fsp3) is 0.250. The Kier molecular flexibility index (Phi) is 3.45. The fourth-order valence-corrected chi connectivity index (χ4v) is 1.79. The molecule has 1 aromatic carbocycles. The summed E-state index contributed by atoms with van der Waals surface area (Å²) in [6.45, 7) is 0. The van der Waals surface area contributed by atoms with Crippen LogP contribution in [-0.2, 0) is 0 Å². The minimum Gasteiger partial charge on any atom is -0.220 e. The highest BCUT2D eigenvalue weighted by Crippen LogP contribution is 2.25. The molecule has 2 aromatic rings. The molecule has 1 aromatic heterocycles. The Morgan fingerprint density at radius 2 is 1.72 bits per heavy atom. The lowest BCUT2D eigenvalue weighted by Gasteiger charge is -2.35. The Bertz CT molecular complexity index is 523. The number of rotatable bonds is 3. The average Bonchev–Trinajstić information content (AvgIpc) is 2.28. The Morgan fingerprint density at radius 1 is 1.06 bits per heavy atom. The third-order valence-electron chi connectivity index (χ3n) is 2.32. The van der Waals surface area contributed by atoms with Crippen molar-refractivity contribution < 1.29 is 4.59 Å². The van der Waals surface area contributed by atoms with Crippen LogP contribution in [0.1, 0.15) is 0 Å². The number of hydrogen-bond acceptors (Lipinski definition) is 4. The van der Waals surface area contributed by atoms with Gasteiger partial charge in [0, 0.05) is 0 Å². The van der Waals surface area contributed by atoms with Gasteiger partial charge >= 0.3 is 0 Å². The molecule has 0 amide bonds. The van der Waals surface area contributed by atoms with Crippen LogP contribution in [0, 0.1) is 0 Å². The van der Waals surface area contributed by atoms with Crippen molar-refractivity contribution in [3.63, 3.8) is 0 Å². The van der Waals surface area contributed by atoms with Crippen molar-refractivity contribution >= 4 is 23.2 Å². The van der Waals surface area contributed by atoms with Gasteiger partial charge in [-0.25, -0.2) is 9.58 Å². The smallest absolute Gasteiger partial charge is 0.220 e. The second-order valence-corrected chi connectivity index (χ2v) is 4.98. The first-order valence-corrected chi connectivity index (χ1v) is 5.88. The molecule has 0 aliphatic heterocycles. The molecule has 18 heavy (non-hydrogen) atoms. The molecule has 0 saturated heterocycles. The van der Waals surface area contributed by atoms with Crippen molar-refractivity contribution in [1.82, 2.24) is 15.0 Å². The molecule has 6 heteroatoms. The van der Waals surface area contributed by atoms with Crippen LogP contribution in [0.4, 0.5) is 11.6 Å². The molecule has 0 bridgehead atoms. The summed E-state index contributed by atoms with van der Waals surface area (Å²) in [6, 6.07) is 9.92. The maximum atomic E-state index is 5.83. The van der Waals surface area contributed by atoms with Gasteiger partial charge in [0.2, 0.25) is 5.28 Å². The summed E-state index contributed by atoms with van der Waals surface area (Å²) in [4.78, 5) is 12.2. The highest BCUT2D eigenvalue weighted by atomic mass is 35.5. The summed E-state index contributed by atoms with van der Waals surface area (Å²) in [6.07, 6.45) is 1.41. The van der Waals surface area contributed by atoms with Crippen molar-refractivity contribution in [1.29, 1.82) is 0 Å². The molecule has 0 radical (unpaired) electrons. The predicted molar refractivity (Wildman–Crippen MR) is 71.5 cm³/mol. The van der Waals surface area contributed by atoms with Crippen molar-refractivity contribution in [2.24, 2.45) is 0 Å². The van der Waals surface area contributed by atoms with E-state index in [0.717, 1.165) is 5.69 Å². The van der Waals surface area contributed by atoms with Crippen molar-refractivity contribution in [3.8, 4) is 0 Å². The van der Waals surface area contributed by atoms with Crippen molar-refractivity contribution in [2.45, 2.75) is 0 Å². The summed E-state index contributed by atoms with van der Waals surface area (Å²) >= 11 is 5.83. The number of aromatic nitrogens is 3. The van der Waals surface area contributed by atoms with E-state index in [0.29, 0.717) is 10.5 Å². The molecule has 5 nitrogen and oxygen atoms in total. The second-order valence-electron chi connectivity index (χ2n) is 4.64. The maximum Gasteiger partial charge on any atom is 0.281 e. The van der Waals surface area contributed by atoms with Gasteiger partial charge in [0.05, 0.1) is 26.8 Å². The summed E-state index contributed by atoms with van der Waals surface area (Å²) in [5.74, 6) is 0.522. The van der Waals surface area contributed by atoms with Gasteiger partial charge in [0.15, 0.2) is 0 Å². The summed E-state index contributed by atoms with van der Waals surface area (Å²) in [5, 5.41) is 2.16. The minimum absolute atomic E-state index is 0.189. The maximum absolute atomic E-state index is 5.83. The molecule has 0 aliphatic rings. The van der Waals surface area contributed by atoms with Crippen LogP contribution in [0.5, 0.6) is 0 Å². The standard InChI is InChI=1S/C12H15ClN5/c1-18(2,3)17(10-7-5-4-6-8-10)12-15-9-14-11(13)16-12/h4-9H,1-3H3/q+1. The Morgan fingerprint density at radius 3 is 2.28 bits per heavy atom. The lowest BCUT2D eigenvalue weighted by Crippen LogP contribution is -2.49. The average molecular weight is 265 g/mol. The predicted octanol–water partition coefficient (Wildman–Crippen LogP) is 2.28. The molecule has 0 aliphatic carbocycles.